The van der Waals surface area contributed by atoms with E-state index in [9.17, 15) is 19.2 Å². The van der Waals surface area contributed by atoms with Gasteiger partial charge < -0.3 is 9.30 Å². The Labute approximate surface area is 170 Å². The minimum absolute atomic E-state index is 0.0356. The van der Waals surface area contributed by atoms with Crippen molar-refractivity contribution >= 4 is 23.6 Å². The normalized spacial score (nSPS) is 24.0. The molecule has 7 nitrogen and oxygen atoms in total. The largest absolute Gasteiger partial charge is 0.457 e. The van der Waals surface area contributed by atoms with Crippen molar-refractivity contribution in [2.45, 2.75) is 64.8 Å². The second kappa shape index (κ2) is 7.76. The van der Waals surface area contributed by atoms with Gasteiger partial charge in [0, 0.05) is 29.5 Å². The first kappa shape index (κ1) is 19.9. The van der Waals surface area contributed by atoms with Crippen molar-refractivity contribution in [3.63, 3.8) is 0 Å². The molecule has 0 bridgehead atoms. The van der Waals surface area contributed by atoms with E-state index in [-0.39, 0.29) is 49.0 Å². The fraction of sp³-hybridized carbons (Fsp3) is 0.636. The van der Waals surface area contributed by atoms with E-state index in [0.717, 1.165) is 49.9 Å². The van der Waals surface area contributed by atoms with Gasteiger partial charge in [-0.25, -0.2) is 0 Å². The Hall–Kier alpha value is -2.44. The van der Waals surface area contributed by atoms with Crippen LogP contribution >= 0.6 is 0 Å². The monoisotopic (exact) mass is 400 g/mol. The Morgan fingerprint density at radius 2 is 1.66 bits per heavy atom. The molecule has 7 heteroatoms. The highest BCUT2D eigenvalue weighted by Gasteiger charge is 2.47. The maximum atomic E-state index is 12.5. The Kier molecular flexibility index (Phi) is 5.32. The smallest absolute Gasteiger partial charge is 0.308 e. The topological polar surface area (TPSA) is 85.7 Å². The van der Waals surface area contributed by atoms with Crippen LogP contribution in [0.5, 0.6) is 0 Å². The van der Waals surface area contributed by atoms with Crippen LogP contribution < -0.4 is 0 Å². The Morgan fingerprint density at radius 3 is 2.24 bits per heavy atom. The maximum absolute atomic E-state index is 12.5. The number of ether oxygens (including phenoxy) is 1. The second-order valence-corrected chi connectivity index (χ2v) is 8.55. The first-order chi connectivity index (χ1) is 13.9. The van der Waals surface area contributed by atoms with E-state index in [4.69, 9.17) is 4.74 Å². The minimum atomic E-state index is -0.565. The lowest BCUT2D eigenvalue weighted by atomic mass is 9.81. The lowest BCUT2D eigenvalue weighted by Crippen LogP contribution is -2.33. The summed E-state index contributed by atoms with van der Waals surface area (Å²) in [5.74, 6) is -1.53. The van der Waals surface area contributed by atoms with E-state index in [1.807, 2.05) is 19.9 Å². The third-order valence-electron chi connectivity index (χ3n) is 6.53. The molecule has 0 aromatic carbocycles. The fourth-order valence-electron chi connectivity index (χ4n) is 4.90. The van der Waals surface area contributed by atoms with Crippen LogP contribution in [0.3, 0.4) is 0 Å². The maximum Gasteiger partial charge on any atom is 0.308 e. The summed E-state index contributed by atoms with van der Waals surface area (Å²) in [6.45, 7) is 3.62. The van der Waals surface area contributed by atoms with E-state index in [1.165, 1.54) is 4.90 Å². The molecule has 2 saturated carbocycles. The number of hydrogen-bond acceptors (Lipinski definition) is 5. The van der Waals surface area contributed by atoms with Gasteiger partial charge >= 0.3 is 5.97 Å². The van der Waals surface area contributed by atoms with Gasteiger partial charge in [-0.15, -0.1) is 0 Å². The summed E-state index contributed by atoms with van der Waals surface area (Å²) in [6.07, 6.45) is 5.64. The summed E-state index contributed by atoms with van der Waals surface area (Å²) in [5.41, 5.74) is 2.56. The molecule has 0 spiro atoms. The van der Waals surface area contributed by atoms with Crippen molar-refractivity contribution in [1.82, 2.24) is 9.47 Å². The molecule has 2 aliphatic carbocycles. The molecule has 29 heavy (non-hydrogen) atoms. The van der Waals surface area contributed by atoms with Gasteiger partial charge in [-0.3, -0.25) is 24.1 Å². The van der Waals surface area contributed by atoms with Crippen molar-refractivity contribution in [1.29, 1.82) is 0 Å². The van der Waals surface area contributed by atoms with Gasteiger partial charge in [-0.2, -0.15) is 0 Å². The molecule has 1 saturated heterocycles. The zero-order chi connectivity index (χ0) is 20.7. The number of ketones is 1. The molecule has 156 valence electrons. The summed E-state index contributed by atoms with van der Waals surface area (Å²) in [5, 5.41) is 0. The van der Waals surface area contributed by atoms with E-state index >= 15 is 0 Å². The number of amides is 2. The molecule has 1 aromatic rings. The number of fused-ring (bicyclic) bond motifs is 1. The van der Waals surface area contributed by atoms with Crippen LogP contribution in [-0.2, 0) is 19.1 Å². The van der Waals surface area contributed by atoms with Gasteiger partial charge in [-0.05, 0) is 45.6 Å². The molecule has 2 heterocycles. The van der Waals surface area contributed by atoms with Crippen LogP contribution in [0.25, 0.3) is 0 Å². The highest BCUT2D eigenvalue weighted by molar-refractivity contribution is 6.05. The number of imide groups is 1. The number of Topliss-reactive ketones (excluding diaryl/α,β-unsaturated/α-hetero) is 1. The standard InChI is InChI=1S/C22H28N2O5/c1-13-11-18(14(2)24(13)15-7-8-15)19(25)12-29-20(26)9-10-23-21(27)16-5-3-4-6-17(16)22(23)28/h11,15-17H,3-10,12H2,1-2H3/t16-,17-/m1/s1. The van der Waals surface area contributed by atoms with Crippen molar-refractivity contribution in [2.24, 2.45) is 11.8 Å². The molecule has 0 radical (unpaired) electrons. The minimum Gasteiger partial charge on any atom is -0.457 e. The number of rotatable bonds is 7. The van der Waals surface area contributed by atoms with Crippen LogP contribution in [0, 0.1) is 25.7 Å². The van der Waals surface area contributed by atoms with E-state index < -0.39 is 5.97 Å². The van der Waals surface area contributed by atoms with Gasteiger partial charge in [0.05, 0.1) is 18.3 Å². The number of nitrogens with zero attached hydrogens (tertiary/aromatic N) is 2. The zero-order valence-corrected chi connectivity index (χ0v) is 17.1. The zero-order valence-electron chi connectivity index (χ0n) is 17.1. The van der Waals surface area contributed by atoms with Crippen LogP contribution in [0.1, 0.15) is 72.7 Å². The van der Waals surface area contributed by atoms with Crippen molar-refractivity contribution in [3.05, 3.63) is 23.0 Å². The average molecular weight is 400 g/mol. The van der Waals surface area contributed by atoms with Crippen molar-refractivity contribution in [3.8, 4) is 0 Å². The van der Waals surface area contributed by atoms with Crippen molar-refractivity contribution in [2.75, 3.05) is 13.2 Å². The number of likely N-dealkylation sites (tertiary alicyclic amines) is 1. The third-order valence-corrected chi connectivity index (χ3v) is 6.53. The molecule has 1 aromatic heterocycles. The first-order valence-corrected chi connectivity index (χ1v) is 10.6. The van der Waals surface area contributed by atoms with Gasteiger partial charge in [0.25, 0.3) is 0 Å². The molecular formula is C22H28N2O5. The second-order valence-electron chi connectivity index (χ2n) is 8.55. The molecule has 2 atom stereocenters. The lowest BCUT2D eigenvalue weighted by molar-refractivity contribution is -0.145. The molecule has 3 aliphatic rings. The Bertz CT molecular complexity index is 843. The summed E-state index contributed by atoms with van der Waals surface area (Å²) in [4.78, 5) is 50.7. The van der Waals surface area contributed by atoms with Crippen LogP contribution in [0.2, 0.25) is 0 Å². The van der Waals surface area contributed by atoms with Gasteiger partial charge in [-0.1, -0.05) is 12.8 Å². The summed E-state index contributed by atoms with van der Waals surface area (Å²) in [6, 6.07) is 2.34. The average Bonchev–Trinajstić information content (AvgIpc) is 3.45. The number of carbonyl (C=O) groups excluding carboxylic acids is 4. The number of hydrogen-bond donors (Lipinski definition) is 0. The SMILES string of the molecule is Cc1cc(C(=O)COC(=O)CCN2C(=O)[C@@H]3CCCC[C@H]3C2=O)c(C)n1C1CC1. The van der Waals surface area contributed by atoms with Crippen LogP contribution in [-0.4, -0.2) is 46.2 Å². The van der Waals surface area contributed by atoms with Gasteiger partial charge in [0.15, 0.2) is 6.61 Å². The summed E-state index contributed by atoms with van der Waals surface area (Å²) >= 11 is 0. The predicted octanol–water partition coefficient (Wildman–Crippen LogP) is 2.73. The molecule has 2 amide bonds. The number of aromatic nitrogens is 1. The van der Waals surface area contributed by atoms with E-state index in [0.29, 0.717) is 11.6 Å². The molecule has 4 rings (SSSR count). The van der Waals surface area contributed by atoms with Crippen LogP contribution in [0.4, 0.5) is 0 Å². The van der Waals surface area contributed by atoms with Gasteiger partial charge in [0.1, 0.15) is 0 Å². The van der Waals surface area contributed by atoms with Gasteiger partial charge in [0.2, 0.25) is 17.6 Å². The lowest BCUT2D eigenvalue weighted by Gasteiger charge is -2.19. The van der Waals surface area contributed by atoms with E-state index in [1.54, 1.807) is 0 Å². The predicted molar refractivity (Wildman–Crippen MR) is 104 cm³/mol. The molecule has 0 unspecified atom stereocenters. The van der Waals surface area contributed by atoms with Crippen molar-refractivity contribution < 1.29 is 23.9 Å². The summed E-state index contributed by atoms with van der Waals surface area (Å²) < 4.78 is 7.32. The van der Waals surface area contributed by atoms with E-state index in [2.05, 4.69) is 4.57 Å². The third kappa shape index (κ3) is 3.74. The Morgan fingerprint density at radius 1 is 1.03 bits per heavy atom. The fourth-order valence-corrected chi connectivity index (χ4v) is 4.90. The Balaban J connectivity index is 1.28. The molecule has 1 aliphatic heterocycles. The van der Waals surface area contributed by atoms with Crippen LogP contribution in [0.15, 0.2) is 6.07 Å². The number of carbonyl (C=O) groups is 4. The highest BCUT2D eigenvalue weighted by Crippen LogP contribution is 2.39. The quantitative estimate of drug-likeness (QED) is 0.399. The number of esters is 1. The molecular weight excluding hydrogens is 372 g/mol. The molecule has 3 fully saturated rings. The highest BCUT2D eigenvalue weighted by atomic mass is 16.5. The first-order valence-electron chi connectivity index (χ1n) is 10.6. The summed E-state index contributed by atoms with van der Waals surface area (Å²) in [7, 11) is 0. The molecule has 0 N–H and O–H groups in total. The number of aryl methyl sites for hydroxylation is 1.